The zero-order chi connectivity index (χ0) is 32.3. The third-order valence-corrected chi connectivity index (χ3v) is 10.3. The Hall–Kier alpha value is -1.50. The summed E-state index contributed by atoms with van der Waals surface area (Å²) in [5.41, 5.74) is 4.62. The van der Waals surface area contributed by atoms with Crippen LogP contribution in [0.5, 0.6) is 0 Å². The summed E-state index contributed by atoms with van der Waals surface area (Å²) >= 11 is 0. The van der Waals surface area contributed by atoms with Crippen molar-refractivity contribution in [1.82, 2.24) is 0 Å². The molecule has 2 aromatic carbocycles. The average molecular weight is 638 g/mol. The number of hydrogen-bond acceptors (Lipinski definition) is 2. The first-order chi connectivity index (χ1) is 22.2. The van der Waals surface area contributed by atoms with Gasteiger partial charge < -0.3 is 0 Å². The highest BCUT2D eigenvalue weighted by Gasteiger charge is 2.42. The maximum Gasteiger partial charge on any atom is 0.495 e. The third-order valence-electron chi connectivity index (χ3n) is 9.85. The zero-order valence-electron chi connectivity index (χ0n) is 29.8. The Morgan fingerprint density at radius 1 is 0.467 bits per heavy atom. The molecule has 0 fully saturated rings. The fraction of sp³-hybridized carbons (Fsp3) is 0.714. The second kappa shape index (κ2) is 26.6. The molecule has 2 aromatic rings. The van der Waals surface area contributed by atoms with Gasteiger partial charge in [0.2, 0.25) is 0 Å². The largest absolute Gasteiger partial charge is 0.495 e. The van der Waals surface area contributed by atoms with Crippen molar-refractivity contribution in [3.63, 3.8) is 0 Å². The normalized spacial score (nSPS) is 11.9. The molecular formula is C42H70O2P+. The lowest BCUT2D eigenvalue weighted by molar-refractivity contribution is 0.112. The van der Waals surface area contributed by atoms with Crippen LogP contribution in [0.1, 0.15) is 197 Å². The van der Waals surface area contributed by atoms with Crippen LogP contribution < -0.4 is 0 Å². The summed E-state index contributed by atoms with van der Waals surface area (Å²) in [5.74, 6) is 0. The van der Waals surface area contributed by atoms with E-state index in [-0.39, 0.29) is 0 Å². The summed E-state index contributed by atoms with van der Waals surface area (Å²) in [6.07, 6.45) is 33.1. The molecule has 1 atom stereocenters. The van der Waals surface area contributed by atoms with E-state index in [4.69, 9.17) is 4.52 Å². The highest BCUT2D eigenvalue weighted by Crippen LogP contribution is 2.45. The monoisotopic (exact) mass is 638 g/mol. The van der Waals surface area contributed by atoms with Gasteiger partial charge in [-0.2, -0.15) is 0 Å². The van der Waals surface area contributed by atoms with Crippen LogP contribution in [0.3, 0.4) is 0 Å². The Labute approximate surface area is 281 Å². The van der Waals surface area contributed by atoms with Gasteiger partial charge in [-0.15, -0.1) is 4.52 Å². The summed E-state index contributed by atoms with van der Waals surface area (Å²) in [7, 11) is -0.781. The minimum Gasteiger partial charge on any atom is -0.132 e. The lowest BCUT2D eigenvalue weighted by Gasteiger charge is -2.33. The van der Waals surface area contributed by atoms with Gasteiger partial charge in [0.25, 0.3) is 0 Å². The standard InChI is InChI=1S/C42H70O2P/c1-4-7-10-13-16-17-20-23-30-37-42(44-45-43,40-35-28-26-33-38(40)31-24-21-18-14-11-8-5-2)41-36-29-27-34-39(41)32-25-22-19-15-12-9-6-3/h26-29,33-36,45H,4-25,30-32,37H2,1-3H3/q+1. The minimum absolute atomic E-state index is 0.656. The van der Waals surface area contributed by atoms with Crippen molar-refractivity contribution in [2.24, 2.45) is 0 Å². The van der Waals surface area contributed by atoms with Gasteiger partial charge in [-0.25, -0.2) is 0 Å². The van der Waals surface area contributed by atoms with Crippen LogP contribution in [-0.4, -0.2) is 0 Å². The Bertz CT molecular complexity index is 925. The molecule has 2 rings (SSSR count). The SMILES string of the molecule is CCCCCCCCCCCC(O[PH+]=O)(c1ccccc1CCCCCCCCC)c1ccccc1CCCCCCCCC. The van der Waals surface area contributed by atoms with Gasteiger partial charge in [0.15, 0.2) is 5.60 Å². The predicted octanol–water partition coefficient (Wildman–Crippen LogP) is 14.4. The molecule has 254 valence electrons. The summed E-state index contributed by atoms with van der Waals surface area (Å²) in [6, 6.07) is 17.9. The lowest BCUT2D eigenvalue weighted by Crippen LogP contribution is -2.31. The van der Waals surface area contributed by atoms with Crippen molar-refractivity contribution in [2.45, 2.75) is 193 Å². The smallest absolute Gasteiger partial charge is 0.132 e. The Kier molecular flexibility index (Phi) is 23.4. The van der Waals surface area contributed by atoms with E-state index in [1.165, 1.54) is 164 Å². The molecule has 0 aliphatic rings. The van der Waals surface area contributed by atoms with Gasteiger partial charge in [0.1, 0.15) is 0 Å². The van der Waals surface area contributed by atoms with E-state index in [2.05, 4.69) is 69.3 Å². The van der Waals surface area contributed by atoms with Crippen LogP contribution in [0.4, 0.5) is 0 Å². The van der Waals surface area contributed by atoms with E-state index >= 15 is 0 Å². The van der Waals surface area contributed by atoms with E-state index in [0.29, 0.717) is 0 Å². The van der Waals surface area contributed by atoms with Gasteiger partial charge in [0, 0.05) is 0 Å². The second-order valence-corrected chi connectivity index (χ2v) is 14.0. The van der Waals surface area contributed by atoms with Gasteiger partial charge in [-0.1, -0.05) is 198 Å². The average Bonchev–Trinajstić information content (AvgIpc) is 3.06. The number of aryl methyl sites for hydroxylation is 2. The summed E-state index contributed by atoms with van der Waals surface area (Å²) < 4.78 is 19.1. The first kappa shape index (κ1) is 39.7. The molecule has 0 aromatic heterocycles. The van der Waals surface area contributed by atoms with Crippen molar-refractivity contribution >= 4 is 8.69 Å². The van der Waals surface area contributed by atoms with Crippen LogP contribution in [0.15, 0.2) is 48.5 Å². The molecular weight excluding hydrogens is 567 g/mol. The van der Waals surface area contributed by atoms with E-state index in [1.54, 1.807) is 0 Å². The fourth-order valence-electron chi connectivity index (χ4n) is 7.14. The van der Waals surface area contributed by atoms with Crippen molar-refractivity contribution in [3.8, 4) is 0 Å². The van der Waals surface area contributed by atoms with Crippen molar-refractivity contribution < 1.29 is 9.09 Å². The molecule has 0 aliphatic heterocycles. The molecule has 0 saturated carbocycles. The minimum atomic E-state index is -0.781. The molecule has 0 spiro atoms. The highest BCUT2D eigenvalue weighted by atomic mass is 31.1. The van der Waals surface area contributed by atoms with Crippen LogP contribution >= 0.6 is 8.69 Å². The van der Waals surface area contributed by atoms with E-state index in [9.17, 15) is 4.57 Å². The van der Waals surface area contributed by atoms with Crippen molar-refractivity contribution in [2.75, 3.05) is 0 Å². The molecule has 2 nitrogen and oxygen atoms in total. The Morgan fingerprint density at radius 3 is 1.18 bits per heavy atom. The number of benzene rings is 2. The first-order valence-corrected chi connectivity index (χ1v) is 20.3. The van der Waals surface area contributed by atoms with E-state index in [1.807, 2.05) is 0 Å². The molecule has 45 heavy (non-hydrogen) atoms. The van der Waals surface area contributed by atoms with Crippen LogP contribution in [-0.2, 0) is 27.5 Å². The van der Waals surface area contributed by atoms with Crippen LogP contribution in [0.2, 0.25) is 0 Å². The predicted molar refractivity (Wildman–Crippen MR) is 199 cm³/mol. The van der Waals surface area contributed by atoms with E-state index < -0.39 is 14.3 Å². The zero-order valence-corrected chi connectivity index (χ0v) is 30.8. The van der Waals surface area contributed by atoms with Gasteiger partial charge in [-0.3, -0.25) is 0 Å². The molecule has 0 amide bonds. The molecule has 0 radical (unpaired) electrons. The number of rotatable bonds is 30. The van der Waals surface area contributed by atoms with E-state index in [0.717, 1.165) is 25.7 Å². The third kappa shape index (κ3) is 15.8. The Morgan fingerprint density at radius 2 is 0.800 bits per heavy atom. The maximum absolute atomic E-state index is 12.6. The van der Waals surface area contributed by atoms with Crippen molar-refractivity contribution in [1.29, 1.82) is 0 Å². The lowest BCUT2D eigenvalue weighted by atomic mass is 9.76. The van der Waals surface area contributed by atoms with Crippen LogP contribution in [0, 0.1) is 0 Å². The maximum atomic E-state index is 12.6. The molecule has 0 aliphatic carbocycles. The molecule has 0 heterocycles. The summed E-state index contributed by atoms with van der Waals surface area (Å²) in [5, 5.41) is 0. The Balaban J connectivity index is 2.25. The topological polar surface area (TPSA) is 26.3 Å². The number of hydrogen-bond donors (Lipinski definition) is 0. The van der Waals surface area contributed by atoms with Gasteiger partial charge in [0.05, 0.1) is 0 Å². The summed E-state index contributed by atoms with van der Waals surface area (Å²) in [4.78, 5) is 0. The molecule has 0 saturated heterocycles. The quantitative estimate of drug-likeness (QED) is 0.0629. The highest BCUT2D eigenvalue weighted by molar-refractivity contribution is 7.17. The molecule has 0 bridgehead atoms. The molecule has 3 heteroatoms. The molecule has 0 N–H and O–H groups in total. The van der Waals surface area contributed by atoms with Crippen molar-refractivity contribution in [3.05, 3.63) is 70.8 Å². The number of unbranched alkanes of at least 4 members (excludes halogenated alkanes) is 20. The van der Waals surface area contributed by atoms with Crippen LogP contribution in [0.25, 0.3) is 0 Å². The fourth-order valence-corrected chi connectivity index (χ4v) is 7.61. The molecule has 1 unspecified atom stereocenters. The summed E-state index contributed by atoms with van der Waals surface area (Å²) in [6.45, 7) is 6.86. The van der Waals surface area contributed by atoms with Gasteiger partial charge in [-0.05, 0) is 65.3 Å². The second-order valence-electron chi connectivity index (χ2n) is 13.6. The first-order valence-electron chi connectivity index (χ1n) is 19.4. The van der Waals surface area contributed by atoms with Gasteiger partial charge >= 0.3 is 8.69 Å².